The third-order valence-corrected chi connectivity index (χ3v) is 1.86. The van der Waals surface area contributed by atoms with E-state index >= 15 is 0 Å². The van der Waals surface area contributed by atoms with Gasteiger partial charge in [-0.05, 0) is 13.3 Å². The van der Waals surface area contributed by atoms with Crippen molar-refractivity contribution < 1.29 is 9.47 Å². The molecule has 0 saturated heterocycles. The largest absolute Gasteiger partial charge is 0.385 e. The summed E-state index contributed by atoms with van der Waals surface area (Å²) in [5.41, 5.74) is 2.50. The average molecular weight is 218 g/mol. The molecule has 0 aromatic carbocycles. The maximum absolute atomic E-state index is 5.30. The quantitative estimate of drug-likeness (QED) is 0.176. The molecular weight excluding hydrogens is 196 g/mol. The van der Waals surface area contributed by atoms with Gasteiger partial charge >= 0.3 is 0 Å². The van der Waals surface area contributed by atoms with Crippen LogP contribution in [0.2, 0.25) is 0 Å². The van der Waals surface area contributed by atoms with E-state index in [1.807, 2.05) is 6.92 Å². The number of nitrogens with one attached hydrogen (secondary N) is 2. The minimum atomic E-state index is 0.0918. The van der Waals surface area contributed by atoms with E-state index in [0.717, 1.165) is 19.6 Å². The summed E-state index contributed by atoms with van der Waals surface area (Å²) in [6.45, 7) is 4.02. The SMILES string of the molecule is COCCCNC(=NCC(C)OC)NN. The minimum absolute atomic E-state index is 0.0918. The normalized spacial score (nSPS) is 13.7. The van der Waals surface area contributed by atoms with Crippen LogP contribution < -0.4 is 16.6 Å². The third-order valence-electron chi connectivity index (χ3n) is 1.86. The second-order valence-electron chi connectivity index (χ2n) is 3.15. The molecule has 0 amide bonds. The number of rotatable bonds is 7. The lowest BCUT2D eigenvalue weighted by atomic mass is 10.4. The lowest BCUT2D eigenvalue weighted by Gasteiger charge is -2.10. The first kappa shape index (κ1) is 14.2. The van der Waals surface area contributed by atoms with Crippen molar-refractivity contribution in [1.82, 2.24) is 10.7 Å². The lowest BCUT2D eigenvalue weighted by molar-refractivity contribution is 0.125. The van der Waals surface area contributed by atoms with Gasteiger partial charge in [0.05, 0.1) is 12.6 Å². The van der Waals surface area contributed by atoms with Crippen molar-refractivity contribution in [2.75, 3.05) is 33.9 Å². The molecule has 0 aromatic heterocycles. The second kappa shape index (κ2) is 9.70. The van der Waals surface area contributed by atoms with Crippen molar-refractivity contribution in [3.63, 3.8) is 0 Å². The van der Waals surface area contributed by atoms with Crippen molar-refractivity contribution in [2.45, 2.75) is 19.4 Å². The average Bonchev–Trinajstić information content (AvgIpc) is 2.27. The van der Waals surface area contributed by atoms with Crippen LogP contribution in [0.3, 0.4) is 0 Å². The summed E-state index contributed by atoms with van der Waals surface area (Å²) in [6.07, 6.45) is 1.01. The molecule has 0 radical (unpaired) electrons. The predicted octanol–water partition coefficient (Wildman–Crippen LogP) is -0.533. The van der Waals surface area contributed by atoms with Crippen molar-refractivity contribution in [3.8, 4) is 0 Å². The minimum Gasteiger partial charge on any atom is -0.385 e. The van der Waals surface area contributed by atoms with Gasteiger partial charge in [-0.15, -0.1) is 0 Å². The summed E-state index contributed by atoms with van der Waals surface area (Å²) >= 11 is 0. The van der Waals surface area contributed by atoms with Crippen LogP contribution >= 0.6 is 0 Å². The van der Waals surface area contributed by atoms with E-state index < -0.39 is 0 Å². The molecule has 6 nitrogen and oxygen atoms in total. The number of aliphatic imine (C=N–C) groups is 1. The number of hydrogen-bond acceptors (Lipinski definition) is 4. The fraction of sp³-hybridized carbons (Fsp3) is 0.889. The van der Waals surface area contributed by atoms with Crippen LogP contribution in [0, 0.1) is 0 Å². The topological polar surface area (TPSA) is 80.9 Å². The maximum atomic E-state index is 5.30. The maximum Gasteiger partial charge on any atom is 0.205 e. The van der Waals surface area contributed by atoms with Crippen molar-refractivity contribution in [3.05, 3.63) is 0 Å². The Kier molecular flexibility index (Phi) is 9.15. The molecule has 1 atom stereocenters. The van der Waals surface area contributed by atoms with E-state index in [1.54, 1.807) is 14.2 Å². The highest BCUT2D eigenvalue weighted by molar-refractivity contribution is 5.79. The molecule has 0 heterocycles. The van der Waals surface area contributed by atoms with Crippen molar-refractivity contribution >= 4 is 5.96 Å². The summed E-state index contributed by atoms with van der Waals surface area (Å²) in [5.74, 6) is 5.88. The van der Waals surface area contributed by atoms with E-state index in [-0.39, 0.29) is 6.10 Å². The van der Waals surface area contributed by atoms with Crippen LogP contribution in [0.5, 0.6) is 0 Å². The number of hydrogen-bond donors (Lipinski definition) is 3. The van der Waals surface area contributed by atoms with Crippen LogP contribution in [-0.4, -0.2) is 46.0 Å². The Bertz CT molecular complexity index is 175. The van der Waals surface area contributed by atoms with E-state index in [1.165, 1.54) is 0 Å². The standard InChI is InChI=1S/C9H22N4O2/c1-8(15-3)7-12-9(13-10)11-5-4-6-14-2/h8H,4-7,10H2,1-3H3,(H2,11,12,13). The van der Waals surface area contributed by atoms with E-state index in [0.29, 0.717) is 12.5 Å². The zero-order valence-corrected chi connectivity index (χ0v) is 9.75. The van der Waals surface area contributed by atoms with Gasteiger partial charge in [0, 0.05) is 27.4 Å². The molecular formula is C9H22N4O2. The molecule has 6 heteroatoms. The van der Waals surface area contributed by atoms with Gasteiger partial charge < -0.3 is 14.8 Å². The van der Waals surface area contributed by atoms with Crippen molar-refractivity contribution in [1.29, 1.82) is 0 Å². The first-order valence-corrected chi connectivity index (χ1v) is 5.01. The Hall–Kier alpha value is -0.850. The van der Waals surface area contributed by atoms with Gasteiger partial charge in [0.25, 0.3) is 0 Å². The molecule has 15 heavy (non-hydrogen) atoms. The summed E-state index contributed by atoms with van der Waals surface area (Å²) in [7, 11) is 3.33. The smallest absolute Gasteiger partial charge is 0.205 e. The first-order valence-electron chi connectivity index (χ1n) is 5.01. The zero-order chi connectivity index (χ0) is 11.5. The van der Waals surface area contributed by atoms with Crippen LogP contribution in [0.1, 0.15) is 13.3 Å². The fourth-order valence-electron chi connectivity index (χ4n) is 0.870. The molecule has 0 aliphatic heterocycles. The molecule has 0 fully saturated rings. The molecule has 1 unspecified atom stereocenters. The van der Waals surface area contributed by atoms with Crippen LogP contribution in [-0.2, 0) is 9.47 Å². The van der Waals surface area contributed by atoms with Gasteiger partial charge in [-0.3, -0.25) is 5.43 Å². The Balaban J connectivity index is 3.70. The van der Waals surface area contributed by atoms with Crippen LogP contribution in [0.25, 0.3) is 0 Å². The lowest BCUT2D eigenvalue weighted by Crippen LogP contribution is -2.42. The summed E-state index contributed by atoms with van der Waals surface area (Å²) in [4.78, 5) is 4.21. The fourth-order valence-corrected chi connectivity index (χ4v) is 0.870. The van der Waals surface area contributed by atoms with Gasteiger partial charge in [-0.25, -0.2) is 10.8 Å². The number of ether oxygens (including phenoxy) is 2. The highest BCUT2D eigenvalue weighted by Gasteiger charge is 1.99. The van der Waals surface area contributed by atoms with Gasteiger partial charge in [0.15, 0.2) is 0 Å². The Morgan fingerprint density at radius 3 is 2.73 bits per heavy atom. The number of nitrogens with two attached hydrogens (primary N) is 1. The van der Waals surface area contributed by atoms with Gasteiger partial charge in [-0.1, -0.05) is 0 Å². The first-order chi connectivity index (χ1) is 7.24. The Morgan fingerprint density at radius 1 is 1.47 bits per heavy atom. The summed E-state index contributed by atoms with van der Waals surface area (Å²) < 4.78 is 9.99. The van der Waals surface area contributed by atoms with Gasteiger partial charge in [0.1, 0.15) is 0 Å². The molecule has 90 valence electrons. The number of nitrogens with zero attached hydrogens (tertiary/aromatic N) is 1. The number of methoxy groups -OCH3 is 2. The number of guanidine groups is 1. The van der Waals surface area contributed by atoms with E-state index in [4.69, 9.17) is 15.3 Å². The van der Waals surface area contributed by atoms with Gasteiger partial charge in [0.2, 0.25) is 5.96 Å². The molecule has 0 rings (SSSR count). The molecule has 0 aromatic rings. The van der Waals surface area contributed by atoms with Gasteiger partial charge in [-0.2, -0.15) is 0 Å². The molecule has 0 bridgehead atoms. The Morgan fingerprint density at radius 2 is 2.20 bits per heavy atom. The van der Waals surface area contributed by atoms with E-state index in [9.17, 15) is 0 Å². The second-order valence-corrected chi connectivity index (χ2v) is 3.15. The molecule has 0 aliphatic rings. The number of hydrazine groups is 1. The third kappa shape index (κ3) is 8.17. The van der Waals surface area contributed by atoms with Crippen LogP contribution in [0.4, 0.5) is 0 Å². The highest BCUT2D eigenvalue weighted by Crippen LogP contribution is 1.87. The summed E-state index contributed by atoms with van der Waals surface area (Å²) in [5, 5.41) is 3.06. The Labute approximate surface area is 91.2 Å². The predicted molar refractivity (Wildman–Crippen MR) is 60.6 cm³/mol. The molecule has 0 aliphatic carbocycles. The van der Waals surface area contributed by atoms with E-state index in [2.05, 4.69) is 15.7 Å². The monoisotopic (exact) mass is 218 g/mol. The molecule has 0 saturated carbocycles. The molecule has 0 spiro atoms. The van der Waals surface area contributed by atoms with Crippen LogP contribution in [0.15, 0.2) is 4.99 Å². The van der Waals surface area contributed by atoms with Crippen molar-refractivity contribution in [2.24, 2.45) is 10.8 Å². The highest BCUT2D eigenvalue weighted by atomic mass is 16.5. The molecule has 4 N–H and O–H groups in total. The summed E-state index contributed by atoms with van der Waals surface area (Å²) in [6, 6.07) is 0. The zero-order valence-electron chi connectivity index (χ0n) is 9.75.